The average Bonchev–Trinajstić information content (AvgIpc) is 3.01. The Kier molecular flexibility index (Phi) is 3.19. The van der Waals surface area contributed by atoms with Crippen LogP contribution in [-0.4, -0.2) is 39.4 Å². The molecule has 0 aromatic carbocycles. The lowest BCUT2D eigenvalue weighted by molar-refractivity contribution is 0.171. The first-order valence-corrected chi connectivity index (χ1v) is 6.48. The summed E-state index contributed by atoms with van der Waals surface area (Å²) in [4.78, 5) is 2.08. The summed E-state index contributed by atoms with van der Waals surface area (Å²) < 4.78 is 11.5. The van der Waals surface area contributed by atoms with Crippen molar-refractivity contribution in [3.05, 3.63) is 22.7 Å². The van der Waals surface area contributed by atoms with Crippen LogP contribution < -0.4 is 0 Å². The molecule has 2 aromatic rings. The topological polar surface area (TPSA) is 75.5 Å². The summed E-state index contributed by atoms with van der Waals surface area (Å²) in [5.41, 5.74) is 0. The first-order chi connectivity index (χ1) is 8.70. The van der Waals surface area contributed by atoms with Gasteiger partial charge in [0.1, 0.15) is 0 Å². The van der Waals surface area contributed by atoms with Crippen LogP contribution in [0.15, 0.2) is 25.6 Å². The second kappa shape index (κ2) is 4.83. The molecule has 96 valence electrons. The molecule has 3 rings (SSSR count). The molecule has 1 N–H and O–H groups in total. The Bertz CT molecular complexity index is 539. The number of nitrogens with zero attached hydrogens (tertiary/aromatic N) is 3. The third kappa shape index (κ3) is 2.47. The van der Waals surface area contributed by atoms with Gasteiger partial charge in [-0.2, -0.15) is 0 Å². The number of hydrogen-bond acceptors (Lipinski definition) is 6. The second-order valence-electron chi connectivity index (χ2n) is 4.28. The van der Waals surface area contributed by atoms with Gasteiger partial charge in [-0.05, 0) is 34.5 Å². The summed E-state index contributed by atoms with van der Waals surface area (Å²) in [6, 6.07) is 3.54. The largest absolute Gasteiger partial charge is 0.444 e. The summed E-state index contributed by atoms with van der Waals surface area (Å²) in [5, 5.41) is 17.4. The van der Waals surface area contributed by atoms with Gasteiger partial charge in [-0.1, -0.05) is 0 Å². The molecule has 0 amide bonds. The van der Waals surface area contributed by atoms with Gasteiger partial charge in [-0.15, -0.1) is 10.2 Å². The van der Waals surface area contributed by atoms with Crippen LogP contribution in [0, 0.1) is 0 Å². The third-order valence-electron chi connectivity index (χ3n) is 2.86. The van der Waals surface area contributed by atoms with Gasteiger partial charge in [0, 0.05) is 13.1 Å². The number of aliphatic hydroxyl groups excluding tert-OH is 1. The van der Waals surface area contributed by atoms with Gasteiger partial charge < -0.3 is 13.9 Å². The van der Waals surface area contributed by atoms with Crippen molar-refractivity contribution in [2.45, 2.75) is 19.1 Å². The minimum Gasteiger partial charge on any atom is -0.444 e. The lowest BCUT2D eigenvalue weighted by Crippen LogP contribution is -2.21. The van der Waals surface area contributed by atoms with Gasteiger partial charge >= 0.3 is 0 Å². The monoisotopic (exact) mass is 313 g/mol. The van der Waals surface area contributed by atoms with Crippen LogP contribution in [0.3, 0.4) is 0 Å². The summed E-state index contributed by atoms with van der Waals surface area (Å²) >= 11 is 3.22. The van der Waals surface area contributed by atoms with E-state index >= 15 is 0 Å². The Hall–Kier alpha value is -1.18. The molecule has 7 heteroatoms. The van der Waals surface area contributed by atoms with Crippen molar-refractivity contribution >= 4 is 15.9 Å². The Morgan fingerprint density at radius 2 is 2.28 bits per heavy atom. The van der Waals surface area contributed by atoms with E-state index in [1.54, 1.807) is 12.1 Å². The van der Waals surface area contributed by atoms with Gasteiger partial charge in [0.15, 0.2) is 10.4 Å². The number of hydrogen-bond donors (Lipinski definition) is 1. The number of β-amino-alcohol motifs (C(OH)–C–C–N with tert-alkyl or cyclic N) is 1. The molecule has 6 nitrogen and oxygen atoms in total. The number of aliphatic hydroxyl groups is 1. The van der Waals surface area contributed by atoms with Gasteiger partial charge in [0.05, 0.1) is 12.6 Å². The molecule has 3 heterocycles. The van der Waals surface area contributed by atoms with E-state index in [2.05, 4.69) is 31.0 Å². The maximum atomic E-state index is 9.44. The van der Waals surface area contributed by atoms with Crippen molar-refractivity contribution in [3.8, 4) is 11.7 Å². The lowest BCUT2D eigenvalue weighted by Gasteiger charge is -2.10. The summed E-state index contributed by atoms with van der Waals surface area (Å²) in [6.07, 6.45) is 0.556. The number of rotatable bonds is 3. The van der Waals surface area contributed by atoms with E-state index in [0.29, 0.717) is 35.3 Å². The van der Waals surface area contributed by atoms with Crippen LogP contribution >= 0.6 is 15.9 Å². The third-order valence-corrected chi connectivity index (χ3v) is 3.28. The van der Waals surface area contributed by atoms with Crippen LogP contribution in [0.1, 0.15) is 12.3 Å². The average molecular weight is 314 g/mol. The highest BCUT2D eigenvalue weighted by Gasteiger charge is 2.22. The van der Waals surface area contributed by atoms with Crippen molar-refractivity contribution in [1.82, 2.24) is 15.1 Å². The van der Waals surface area contributed by atoms with Crippen molar-refractivity contribution in [2.24, 2.45) is 0 Å². The quantitative estimate of drug-likeness (QED) is 0.928. The van der Waals surface area contributed by atoms with E-state index in [0.717, 1.165) is 13.0 Å². The second-order valence-corrected chi connectivity index (χ2v) is 5.06. The standard InChI is InChI=1S/C11H12BrN3O3/c12-9-2-1-8(17-9)11-14-13-10(18-11)6-15-4-3-7(16)5-15/h1-2,7,16H,3-6H2. The predicted octanol–water partition coefficient (Wildman–Crippen LogP) is 1.66. The molecule has 0 bridgehead atoms. The highest BCUT2D eigenvalue weighted by molar-refractivity contribution is 9.10. The van der Waals surface area contributed by atoms with Gasteiger partial charge in [0.25, 0.3) is 5.89 Å². The SMILES string of the molecule is OC1CCN(Cc2nnc(-c3ccc(Br)o3)o2)C1. The fourth-order valence-corrected chi connectivity index (χ4v) is 2.30. The van der Waals surface area contributed by atoms with Gasteiger partial charge in [-0.3, -0.25) is 4.90 Å². The maximum Gasteiger partial charge on any atom is 0.283 e. The molecule has 1 saturated heterocycles. The molecule has 1 atom stereocenters. The van der Waals surface area contributed by atoms with Gasteiger partial charge in [-0.25, -0.2) is 0 Å². The first-order valence-electron chi connectivity index (χ1n) is 5.69. The van der Waals surface area contributed by atoms with E-state index < -0.39 is 0 Å². The van der Waals surface area contributed by atoms with Crippen LogP contribution in [0.5, 0.6) is 0 Å². The maximum absolute atomic E-state index is 9.44. The normalized spacial score (nSPS) is 20.7. The molecule has 2 aromatic heterocycles. The van der Waals surface area contributed by atoms with Crippen LogP contribution in [-0.2, 0) is 6.54 Å². The molecule has 0 aliphatic carbocycles. The smallest absolute Gasteiger partial charge is 0.283 e. The number of halogens is 1. The molecule has 1 aliphatic rings. The summed E-state index contributed by atoms with van der Waals surface area (Å²) in [7, 11) is 0. The molecular weight excluding hydrogens is 302 g/mol. The van der Waals surface area contributed by atoms with E-state index in [4.69, 9.17) is 8.83 Å². The molecule has 1 aliphatic heterocycles. The predicted molar refractivity (Wildman–Crippen MR) is 65.6 cm³/mol. The van der Waals surface area contributed by atoms with Crippen molar-refractivity contribution in [3.63, 3.8) is 0 Å². The van der Waals surface area contributed by atoms with E-state index in [-0.39, 0.29) is 6.10 Å². The summed E-state index contributed by atoms with van der Waals surface area (Å²) in [6.45, 7) is 2.07. The number of likely N-dealkylation sites (tertiary alicyclic amines) is 1. The Morgan fingerprint density at radius 3 is 2.94 bits per heavy atom. The van der Waals surface area contributed by atoms with Crippen molar-refractivity contribution in [2.75, 3.05) is 13.1 Å². The molecule has 18 heavy (non-hydrogen) atoms. The lowest BCUT2D eigenvalue weighted by atomic mass is 10.3. The van der Waals surface area contributed by atoms with Crippen molar-refractivity contribution < 1.29 is 13.9 Å². The first kappa shape index (κ1) is 11.9. The van der Waals surface area contributed by atoms with E-state index in [1.165, 1.54) is 0 Å². The van der Waals surface area contributed by atoms with Crippen molar-refractivity contribution in [1.29, 1.82) is 0 Å². The highest BCUT2D eigenvalue weighted by Crippen LogP contribution is 2.24. The van der Waals surface area contributed by atoms with E-state index in [1.807, 2.05) is 0 Å². The minimum atomic E-state index is -0.242. The number of furan rings is 1. The fourth-order valence-electron chi connectivity index (χ4n) is 1.99. The zero-order valence-electron chi connectivity index (χ0n) is 9.54. The summed E-state index contributed by atoms with van der Waals surface area (Å²) in [5.74, 6) is 1.45. The Labute approximate surface area is 112 Å². The Morgan fingerprint density at radius 1 is 1.39 bits per heavy atom. The molecule has 0 saturated carbocycles. The zero-order chi connectivity index (χ0) is 12.5. The number of aromatic nitrogens is 2. The molecular formula is C11H12BrN3O3. The minimum absolute atomic E-state index is 0.242. The highest BCUT2D eigenvalue weighted by atomic mass is 79.9. The molecule has 0 radical (unpaired) electrons. The molecule has 1 unspecified atom stereocenters. The van der Waals surface area contributed by atoms with Crippen LogP contribution in [0.25, 0.3) is 11.7 Å². The molecule has 1 fully saturated rings. The zero-order valence-corrected chi connectivity index (χ0v) is 11.1. The van der Waals surface area contributed by atoms with Crippen LogP contribution in [0.2, 0.25) is 0 Å². The van der Waals surface area contributed by atoms with E-state index in [9.17, 15) is 5.11 Å². The van der Waals surface area contributed by atoms with Crippen LogP contribution in [0.4, 0.5) is 0 Å². The molecule has 0 spiro atoms. The fraction of sp³-hybridized carbons (Fsp3) is 0.455. The Balaban J connectivity index is 1.70. The van der Waals surface area contributed by atoms with Gasteiger partial charge in [0.2, 0.25) is 5.89 Å².